The molecule has 0 bridgehead atoms. The minimum Gasteiger partial charge on any atom is -0.508 e. The molecule has 5 unspecified atom stereocenters. The lowest BCUT2D eigenvalue weighted by Gasteiger charge is -2.28. The van der Waals surface area contributed by atoms with E-state index in [9.17, 15) is 34.2 Å². The molecule has 0 radical (unpaired) electrons. The van der Waals surface area contributed by atoms with Gasteiger partial charge in [-0.05, 0) is 35.6 Å². The third kappa shape index (κ3) is 10.0. The van der Waals surface area contributed by atoms with E-state index in [1.807, 2.05) is 0 Å². The number of nitrogens with two attached hydrogens (primary N) is 1. The maximum Gasteiger partial charge on any atom is 0.326 e. The number of carboxylic acid groups (broad SMARTS) is 2. The van der Waals surface area contributed by atoms with Crippen LogP contribution < -0.4 is 21.7 Å². The van der Waals surface area contributed by atoms with Crippen LogP contribution in [0.15, 0.2) is 54.6 Å². The molecule has 0 aliphatic carbocycles. The molecule has 0 aliphatic rings. The molecule has 0 fully saturated rings. The van der Waals surface area contributed by atoms with Gasteiger partial charge in [0.15, 0.2) is 0 Å². The molecule has 216 valence electrons. The third-order valence-electron chi connectivity index (χ3n) is 6.43. The number of amides is 3. The van der Waals surface area contributed by atoms with Crippen molar-refractivity contribution in [1.82, 2.24) is 16.0 Å². The Morgan fingerprint density at radius 2 is 1.35 bits per heavy atom. The summed E-state index contributed by atoms with van der Waals surface area (Å²) < 4.78 is 0. The van der Waals surface area contributed by atoms with Crippen LogP contribution in [-0.4, -0.2) is 69.1 Å². The van der Waals surface area contributed by atoms with Crippen molar-refractivity contribution in [2.45, 2.75) is 63.7 Å². The molecule has 8 N–H and O–H groups in total. The molecule has 0 saturated carbocycles. The SMILES string of the molecule is CCC(C)C(NC(=O)C(Cc1ccccc1)NC(=O)C(N)Cc1ccc(O)cc1)C(=O)NC(CC(=O)O)C(=O)O. The predicted molar refractivity (Wildman–Crippen MR) is 145 cm³/mol. The zero-order chi connectivity index (χ0) is 29.8. The number of hydrogen-bond acceptors (Lipinski definition) is 7. The molecule has 2 aromatic carbocycles. The van der Waals surface area contributed by atoms with E-state index in [0.717, 1.165) is 5.56 Å². The Kier molecular flexibility index (Phi) is 12.1. The van der Waals surface area contributed by atoms with E-state index in [1.54, 1.807) is 56.3 Å². The van der Waals surface area contributed by atoms with E-state index in [1.165, 1.54) is 12.1 Å². The number of carbonyl (C=O) groups excluding carboxylic acids is 3. The Morgan fingerprint density at radius 1 is 0.775 bits per heavy atom. The largest absolute Gasteiger partial charge is 0.508 e. The lowest BCUT2D eigenvalue weighted by molar-refractivity contribution is -0.147. The number of phenolic OH excluding ortho intramolecular Hbond substituents is 1. The number of hydrogen-bond donors (Lipinski definition) is 7. The van der Waals surface area contributed by atoms with Gasteiger partial charge >= 0.3 is 11.9 Å². The Hall–Kier alpha value is -4.45. The van der Waals surface area contributed by atoms with Gasteiger partial charge in [0.2, 0.25) is 17.7 Å². The van der Waals surface area contributed by atoms with E-state index in [2.05, 4.69) is 16.0 Å². The summed E-state index contributed by atoms with van der Waals surface area (Å²) >= 11 is 0. The fourth-order valence-corrected chi connectivity index (χ4v) is 3.91. The number of carboxylic acids is 2. The lowest BCUT2D eigenvalue weighted by Crippen LogP contribution is -2.59. The zero-order valence-corrected chi connectivity index (χ0v) is 22.4. The molecule has 12 heteroatoms. The first-order chi connectivity index (χ1) is 18.9. The van der Waals surface area contributed by atoms with Crippen molar-refractivity contribution in [3.63, 3.8) is 0 Å². The van der Waals surface area contributed by atoms with Crippen LogP contribution in [0.5, 0.6) is 5.75 Å². The van der Waals surface area contributed by atoms with E-state index in [4.69, 9.17) is 10.8 Å². The molecule has 0 aliphatic heterocycles. The predicted octanol–water partition coefficient (Wildman–Crippen LogP) is 0.565. The Morgan fingerprint density at radius 3 is 1.90 bits per heavy atom. The van der Waals surface area contributed by atoms with Crippen LogP contribution in [-0.2, 0) is 36.8 Å². The van der Waals surface area contributed by atoms with Gasteiger partial charge in [-0.15, -0.1) is 0 Å². The number of carbonyl (C=O) groups is 5. The van der Waals surface area contributed by atoms with Crippen LogP contribution in [0.1, 0.15) is 37.8 Å². The van der Waals surface area contributed by atoms with Crippen LogP contribution in [0.2, 0.25) is 0 Å². The molecule has 0 spiro atoms. The monoisotopic (exact) mass is 556 g/mol. The van der Waals surface area contributed by atoms with Gasteiger partial charge in [0, 0.05) is 6.42 Å². The van der Waals surface area contributed by atoms with E-state index in [0.29, 0.717) is 12.0 Å². The van der Waals surface area contributed by atoms with Crippen molar-refractivity contribution >= 4 is 29.7 Å². The maximum absolute atomic E-state index is 13.4. The normalized spacial score (nSPS) is 14.6. The second kappa shape index (κ2) is 15.2. The lowest BCUT2D eigenvalue weighted by atomic mass is 9.96. The van der Waals surface area contributed by atoms with Crippen molar-refractivity contribution in [2.24, 2.45) is 11.7 Å². The first-order valence-corrected chi connectivity index (χ1v) is 12.8. The van der Waals surface area contributed by atoms with Crippen molar-refractivity contribution in [3.8, 4) is 5.75 Å². The highest BCUT2D eigenvalue weighted by molar-refractivity contribution is 5.95. The van der Waals surface area contributed by atoms with Crippen LogP contribution >= 0.6 is 0 Å². The average molecular weight is 557 g/mol. The minimum absolute atomic E-state index is 0.0684. The van der Waals surface area contributed by atoms with Crippen LogP contribution in [0.25, 0.3) is 0 Å². The summed E-state index contributed by atoms with van der Waals surface area (Å²) in [4.78, 5) is 61.9. The highest BCUT2D eigenvalue weighted by atomic mass is 16.4. The van der Waals surface area contributed by atoms with E-state index >= 15 is 0 Å². The van der Waals surface area contributed by atoms with Gasteiger partial charge in [-0.3, -0.25) is 19.2 Å². The number of benzene rings is 2. The number of rotatable bonds is 15. The maximum atomic E-state index is 13.4. The molecule has 0 heterocycles. The van der Waals surface area contributed by atoms with Gasteiger partial charge in [0.1, 0.15) is 23.9 Å². The first-order valence-electron chi connectivity index (χ1n) is 12.8. The summed E-state index contributed by atoms with van der Waals surface area (Å²) in [6.07, 6.45) is -0.185. The molecule has 3 amide bonds. The van der Waals surface area contributed by atoms with Gasteiger partial charge in [-0.2, -0.15) is 0 Å². The molecule has 0 aromatic heterocycles. The standard InChI is InChI=1S/C28H36N4O8/c1-3-16(2)24(27(38)31-22(28(39)40)15-23(34)35)32-26(37)21(14-17-7-5-4-6-8-17)30-25(36)20(29)13-18-9-11-19(33)12-10-18/h4-12,16,20-22,24,33H,3,13-15,29H2,1-2H3,(H,30,36)(H,31,38)(H,32,37)(H,34,35)(H,39,40). The smallest absolute Gasteiger partial charge is 0.326 e. The van der Waals surface area contributed by atoms with Crippen LogP contribution in [0.3, 0.4) is 0 Å². The van der Waals surface area contributed by atoms with E-state index < -0.39 is 66.2 Å². The van der Waals surface area contributed by atoms with Crippen molar-refractivity contribution in [3.05, 3.63) is 65.7 Å². The molecule has 12 nitrogen and oxygen atoms in total. The number of phenols is 1. The highest BCUT2D eigenvalue weighted by Crippen LogP contribution is 2.13. The highest BCUT2D eigenvalue weighted by Gasteiger charge is 2.33. The number of nitrogens with one attached hydrogen (secondary N) is 3. The summed E-state index contributed by atoms with van der Waals surface area (Å²) in [6.45, 7) is 3.45. The summed E-state index contributed by atoms with van der Waals surface area (Å²) in [5.41, 5.74) is 7.53. The second-order valence-electron chi connectivity index (χ2n) is 9.60. The molecule has 5 atom stereocenters. The fourth-order valence-electron chi connectivity index (χ4n) is 3.91. The molecule has 40 heavy (non-hydrogen) atoms. The van der Waals surface area contributed by atoms with Crippen LogP contribution in [0.4, 0.5) is 0 Å². The number of aromatic hydroxyl groups is 1. The van der Waals surface area contributed by atoms with Crippen LogP contribution in [0, 0.1) is 5.92 Å². The topological polar surface area (TPSA) is 208 Å². The van der Waals surface area contributed by atoms with Gasteiger partial charge in [0.25, 0.3) is 0 Å². The van der Waals surface area contributed by atoms with Gasteiger partial charge in [-0.25, -0.2) is 4.79 Å². The third-order valence-corrected chi connectivity index (χ3v) is 6.43. The molecular formula is C28H36N4O8. The summed E-state index contributed by atoms with van der Waals surface area (Å²) in [5.74, 6) is -5.48. The van der Waals surface area contributed by atoms with Gasteiger partial charge in [-0.1, -0.05) is 62.7 Å². The molecule has 2 aromatic rings. The number of aliphatic carboxylic acids is 2. The summed E-state index contributed by atoms with van der Waals surface area (Å²) in [6, 6.07) is 10.0. The van der Waals surface area contributed by atoms with Gasteiger partial charge < -0.3 is 37.0 Å². The Labute approximate surface area is 232 Å². The minimum atomic E-state index is -1.69. The fraction of sp³-hybridized carbons (Fsp3) is 0.393. The molecule has 2 rings (SSSR count). The zero-order valence-electron chi connectivity index (χ0n) is 22.4. The Bertz CT molecular complexity index is 1170. The second-order valence-corrected chi connectivity index (χ2v) is 9.60. The average Bonchev–Trinajstić information content (AvgIpc) is 2.91. The van der Waals surface area contributed by atoms with Crippen molar-refractivity contribution < 1.29 is 39.3 Å². The molecule has 0 saturated heterocycles. The van der Waals surface area contributed by atoms with Gasteiger partial charge in [0.05, 0.1) is 12.5 Å². The summed E-state index contributed by atoms with van der Waals surface area (Å²) in [5, 5.41) is 35.2. The summed E-state index contributed by atoms with van der Waals surface area (Å²) in [7, 11) is 0. The molecular weight excluding hydrogens is 520 g/mol. The van der Waals surface area contributed by atoms with E-state index in [-0.39, 0.29) is 18.6 Å². The first kappa shape index (κ1) is 31.8. The quantitative estimate of drug-likeness (QED) is 0.163. The van der Waals surface area contributed by atoms with Crippen molar-refractivity contribution in [1.29, 1.82) is 0 Å². The Balaban J connectivity index is 2.23. The van der Waals surface area contributed by atoms with Crippen molar-refractivity contribution in [2.75, 3.05) is 0 Å².